The lowest BCUT2D eigenvalue weighted by Crippen LogP contribution is -2.46. The van der Waals surface area contributed by atoms with E-state index in [9.17, 15) is 10.1 Å². The van der Waals surface area contributed by atoms with Crippen molar-refractivity contribution >= 4 is 11.6 Å². The summed E-state index contributed by atoms with van der Waals surface area (Å²) in [4.78, 5) is 14.4. The van der Waals surface area contributed by atoms with Gasteiger partial charge >= 0.3 is 0 Å². The highest BCUT2D eigenvalue weighted by Gasteiger charge is 2.11. The first-order valence-electron chi connectivity index (χ1n) is 8.78. The molecular formula is C19H27N5O. The van der Waals surface area contributed by atoms with Crippen molar-refractivity contribution in [3.8, 4) is 6.07 Å². The monoisotopic (exact) mass is 341 g/mol. The quantitative estimate of drug-likeness (QED) is 0.519. The summed E-state index contributed by atoms with van der Waals surface area (Å²) in [5, 5.41) is 18.3. The zero-order valence-corrected chi connectivity index (χ0v) is 15.0. The second kappa shape index (κ2) is 9.82. The van der Waals surface area contributed by atoms with E-state index in [4.69, 9.17) is 0 Å². The summed E-state index contributed by atoms with van der Waals surface area (Å²) in [7, 11) is 0. The molecule has 0 radical (unpaired) electrons. The molecule has 1 aliphatic heterocycles. The van der Waals surface area contributed by atoms with Crippen LogP contribution in [0, 0.1) is 11.3 Å². The SMILES string of the molecule is CC(C)c1ccc(N/C=C(/C#N)C(=O)NCCN2CCNCC2)cc1. The fourth-order valence-electron chi connectivity index (χ4n) is 2.63. The van der Waals surface area contributed by atoms with Gasteiger partial charge in [0.05, 0.1) is 0 Å². The van der Waals surface area contributed by atoms with E-state index in [0.29, 0.717) is 12.5 Å². The van der Waals surface area contributed by atoms with Gasteiger partial charge in [0, 0.05) is 51.2 Å². The Labute approximate surface area is 149 Å². The molecule has 1 heterocycles. The van der Waals surface area contributed by atoms with Crippen LogP contribution < -0.4 is 16.0 Å². The molecule has 1 aromatic carbocycles. The van der Waals surface area contributed by atoms with Crippen LogP contribution >= 0.6 is 0 Å². The average Bonchev–Trinajstić information content (AvgIpc) is 2.63. The largest absolute Gasteiger partial charge is 0.360 e. The fourth-order valence-corrected chi connectivity index (χ4v) is 2.63. The van der Waals surface area contributed by atoms with Crippen LogP contribution in [0.2, 0.25) is 0 Å². The third-order valence-corrected chi connectivity index (χ3v) is 4.25. The zero-order valence-electron chi connectivity index (χ0n) is 15.0. The number of nitrogens with zero attached hydrogens (tertiary/aromatic N) is 2. The van der Waals surface area contributed by atoms with E-state index in [1.165, 1.54) is 11.8 Å². The van der Waals surface area contributed by atoms with Crippen molar-refractivity contribution in [3.05, 3.63) is 41.6 Å². The summed E-state index contributed by atoms with van der Waals surface area (Å²) >= 11 is 0. The number of rotatable bonds is 7. The normalized spacial score (nSPS) is 15.7. The minimum absolute atomic E-state index is 0.0771. The van der Waals surface area contributed by atoms with Crippen molar-refractivity contribution in [2.45, 2.75) is 19.8 Å². The second-order valence-corrected chi connectivity index (χ2v) is 6.44. The van der Waals surface area contributed by atoms with Gasteiger partial charge in [0.15, 0.2) is 0 Å². The predicted molar refractivity (Wildman–Crippen MR) is 100 cm³/mol. The average molecular weight is 341 g/mol. The molecule has 3 N–H and O–H groups in total. The summed E-state index contributed by atoms with van der Waals surface area (Å²) in [5.41, 5.74) is 2.18. The zero-order chi connectivity index (χ0) is 18.1. The minimum atomic E-state index is -0.344. The van der Waals surface area contributed by atoms with Gasteiger partial charge < -0.3 is 16.0 Å². The fraction of sp³-hybridized carbons (Fsp3) is 0.474. The first-order valence-corrected chi connectivity index (χ1v) is 8.78. The van der Waals surface area contributed by atoms with Gasteiger partial charge in [0.1, 0.15) is 11.6 Å². The number of hydrogen-bond acceptors (Lipinski definition) is 5. The summed E-state index contributed by atoms with van der Waals surface area (Å²) in [6, 6.07) is 9.93. The van der Waals surface area contributed by atoms with Crippen LogP contribution in [0.5, 0.6) is 0 Å². The van der Waals surface area contributed by atoms with Crippen LogP contribution in [0.4, 0.5) is 5.69 Å². The number of anilines is 1. The summed E-state index contributed by atoms with van der Waals surface area (Å²) < 4.78 is 0. The molecule has 6 nitrogen and oxygen atoms in total. The molecule has 0 saturated carbocycles. The Bertz CT molecular complexity index is 624. The predicted octanol–water partition coefficient (Wildman–Crippen LogP) is 1.65. The van der Waals surface area contributed by atoms with Crippen LogP contribution in [-0.2, 0) is 4.79 Å². The first kappa shape index (κ1) is 19.0. The van der Waals surface area contributed by atoms with E-state index in [0.717, 1.165) is 38.4 Å². The highest BCUT2D eigenvalue weighted by atomic mass is 16.1. The Kier molecular flexibility index (Phi) is 7.45. The van der Waals surface area contributed by atoms with Gasteiger partial charge in [0.2, 0.25) is 0 Å². The van der Waals surface area contributed by atoms with Gasteiger partial charge in [-0.25, -0.2) is 0 Å². The minimum Gasteiger partial charge on any atom is -0.360 e. The van der Waals surface area contributed by atoms with Crippen molar-refractivity contribution < 1.29 is 4.79 Å². The van der Waals surface area contributed by atoms with Crippen LogP contribution in [0.15, 0.2) is 36.0 Å². The van der Waals surface area contributed by atoms with Gasteiger partial charge in [-0.1, -0.05) is 26.0 Å². The number of amides is 1. The Hall–Kier alpha value is -2.36. The molecule has 1 fully saturated rings. The van der Waals surface area contributed by atoms with E-state index in [2.05, 4.69) is 34.7 Å². The molecule has 1 saturated heterocycles. The maximum absolute atomic E-state index is 12.1. The number of nitrogens with one attached hydrogen (secondary N) is 3. The van der Waals surface area contributed by atoms with E-state index < -0.39 is 0 Å². The second-order valence-electron chi connectivity index (χ2n) is 6.44. The maximum atomic E-state index is 12.1. The molecule has 1 amide bonds. The Morgan fingerprint density at radius 2 is 2.00 bits per heavy atom. The number of carbonyl (C=O) groups is 1. The van der Waals surface area contributed by atoms with E-state index in [1.807, 2.05) is 30.3 Å². The molecule has 6 heteroatoms. The van der Waals surface area contributed by atoms with Gasteiger partial charge in [-0.15, -0.1) is 0 Å². The molecule has 2 rings (SSSR count). The molecule has 0 bridgehead atoms. The number of nitriles is 1. The molecule has 25 heavy (non-hydrogen) atoms. The highest BCUT2D eigenvalue weighted by molar-refractivity contribution is 5.97. The first-order chi connectivity index (χ1) is 12.1. The van der Waals surface area contributed by atoms with Crippen LogP contribution in [0.1, 0.15) is 25.3 Å². The van der Waals surface area contributed by atoms with Crippen molar-refractivity contribution in [1.82, 2.24) is 15.5 Å². The van der Waals surface area contributed by atoms with Gasteiger partial charge in [-0.2, -0.15) is 5.26 Å². The van der Waals surface area contributed by atoms with E-state index in [-0.39, 0.29) is 11.5 Å². The number of carbonyl (C=O) groups excluding carboxylic acids is 1. The molecule has 1 aliphatic rings. The van der Waals surface area contributed by atoms with E-state index in [1.54, 1.807) is 0 Å². The lowest BCUT2D eigenvalue weighted by atomic mass is 10.0. The Morgan fingerprint density at radius 3 is 2.60 bits per heavy atom. The van der Waals surface area contributed by atoms with Crippen molar-refractivity contribution in [3.63, 3.8) is 0 Å². The number of benzene rings is 1. The third-order valence-electron chi connectivity index (χ3n) is 4.25. The van der Waals surface area contributed by atoms with Gasteiger partial charge in [-0.3, -0.25) is 9.69 Å². The number of piperazine rings is 1. The summed E-state index contributed by atoms with van der Waals surface area (Å²) in [5.74, 6) is 0.129. The molecule has 0 aromatic heterocycles. The summed E-state index contributed by atoms with van der Waals surface area (Å²) in [6.07, 6.45) is 1.46. The molecule has 0 spiro atoms. The highest BCUT2D eigenvalue weighted by Crippen LogP contribution is 2.17. The van der Waals surface area contributed by atoms with Crippen molar-refractivity contribution in [2.75, 3.05) is 44.6 Å². The molecule has 0 unspecified atom stereocenters. The third kappa shape index (κ3) is 6.22. The topological polar surface area (TPSA) is 80.2 Å². The maximum Gasteiger partial charge on any atom is 0.263 e. The Balaban J connectivity index is 1.81. The lowest BCUT2D eigenvalue weighted by Gasteiger charge is -2.27. The molecular weight excluding hydrogens is 314 g/mol. The van der Waals surface area contributed by atoms with Crippen LogP contribution in [-0.4, -0.2) is 50.1 Å². The molecule has 0 atom stereocenters. The standard InChI is InChI=1S/C19H27N5O/c1-15(2)16-3-5-18(6-4-16)23-14-17(13-20)19(25)22-9-12-24-10-7-21-8-11-24/h3-6,14-15,21,23H,7-12H2,1-2H3,(H,22,25)/b17-14-. The van der Waals surface area contributed by atoms with Crippen LogP contribution in [0.25, 0.3) is 0 Å². The Morgan fingerprint density at radius 1 is 1.32 bits per heavy atom. The molecule has 1 aromatic rings. The molecule has 0 aliphatic carbocycles. The van der Waals surface area contributed by atoms with Crippen molar-refractivity contribution in [1.29, 1.82) is 5.26 Å². The molecule has 134 valence electrons. The van der Waals surface area contributed by atoms with Gasteiger partial charge in [-0.05, 0) is 23.6 Å². The number of hydrogen-bond donors (Lipinski definition) is 3. The van der Waals surface area contributed by atoms with Crippen molar-refractivity contribution in [2.24, 2.45) is 0 Å². The summed E-state index contributed by atoms with van der Waals surface area (Å²) in [6.45, 7) is 9.57. The van der Waals surface area contributed by atoms with Crippen LogP contribution in [0.3, 0.4) is 0 Å². The van der Waals surface area contributed by atoms with E-state index >= 15 is 0 Å². The van der Waals surface area contributed by atoms with Gasteiger partial charge in [0.25, 0.3) is 5.91 Å². The lowest BCUT2D eigenvalue weighted by molar-refractivity contribution is -0.117. The smallest absolute Gasteiger partial charge is 0.263 e.